The van der Waals surface area contributed by atoms with Crippen molar-refractivity contribution in [3.05, 3.63) is 0 Å². The molecule has 0 saturated heterocycles. The summed E-state index contributed by atoms with van der Waals surface area (Å²) in [6, 6.07) is -4.35. The maximum atomic E-state index is 12.8. The number of aliphatic carboxylic acids is 1. The van der Waals surface area contributed by atoms with Crippen molar-refractivity contribution in [1.29, 1.82) is 0 Å². The van der Waals surface area contributed by atoms with E-state index in [2.05, 4.69) is 28.6 Å². The number of carbonyl (C=O) groups excluding carboxylic acids is 3. The lowest BCUT2D eigenvalue weighted by atomic mass is 10.1. The monoisotopic (exact) mass is 467 g/mol. The molecular formula is C17H33N5O6S2. The summed E-state index contributed by atoms with van der Waals surface area (Å²) in [6.45, 7) is -0.171. The van der Waals surface area contributed by atoms with Crippen LogP contribution in [0.4, 0.5) is 0 Å². The number of hydrogen-bond acceptors (Lipinski definition) is 9. The van der Waals surface area contributed by atoms with Gasteiger partial charge in [0.15, 0.2) is 0 Å². The molecule has 174 valence electrons. The van der Waals surface area contributed by atoms with Crippen LogP contribution in [0.3, 0.4) is 0 Å². The first-order chi connectivity index (χ1) is 14.2. The van der Waals surface area contributed by atoms with Gasteiger partial charge in [0, 0.05) is 5.75 Å². The van der Waals surface area contributed by atoms with Gasteiger partial charge in [-0.1, -0.05) is 0 Å². The molecule has 11 nitrogen and oxygen atoms in total. The van der Waals surface area contributed by atoms with E-state index < -0.39 is 54.5 Å². The molecule has 9 N–H and O–H groups in total. The number of carboxylic acid groups (broad SMARTS) is 1. The Morgan fingerprint density at radius 3 is 1.97 bits per heavy atom. The Labute approximate surface area is 185 Å². The number of amides is 3. The van der Waals surface area contributed by atoms with E-state index in [0.717, 1.165) is 0 Å². The highest BCUT2D eigenvalue weighted by atomic mass is 32.2. The minimum Gasteiger partial charge on any atom is -0.480 e. The Morgan fingerprint density at radius 2 is 1.50 bits per heavy atom. The number of nitrogens with two attached hydrogens (primary N) is 2. The number of aliphatic hydroxyl groups is 1. The highest BCUT2D eigenvalue weighted by Crippen LogP contribution is 2.06. The van der Waals surface area contributed by atoms with Gasteiger partial charge < -0.3 is 37.6 Å². The first kappa shape index (κ1) is 28.5. The van der Waals surface area contributed by atoms with E-state index in [1.54, 1.807) is 0 Å². The first-order valence-corrected chi connectivity index (χ1v) is 11.5. The Bertz CT molecular complexity index is 569. The van der Waals surface area contributed by atoms with Crippen molar-refractivity contribution in [1.82, 2.24) is 16.0 Å². The number of nitrogens with one attached hydrogen (secondary N) is 3. The minimum absolute atomic E-state index is 0.115. The van der Waals surface area contributed by atoms with Gasteiger partial charge in [-0.15, -0.1) is 0 Å². The molecule has 0 spiro atoms. The molecule has 0 aromatic rings. The number of aliphatic hydroxyl groups excluding tert-OH is 1. The molecule has 0 aromatic heterocycles. The number of unbranched alkanes of at least 4 members (excludes halogenated alkanes) is 1. The summed E-state index contributed by atoms with van der Waals surface area (Å²) in [6.07, 6.45) is 3.51. The number of thiol groups is 1. The molecule has 0 heterocycles. The van der Waals surface area contributed by atoms with Crippen molar-refractivity contribution in [2.45, 2.75) is 49.9 Å². The van der Waals surface area contributed by atoms with Crippen LogP contribution >= 0.6 is 24.4 Å². The molecule has 0 aromatic carbocycles. The summed E-state index contributed by atoms with van der Waals surface area (Å²) < 4.78 is 0. The van der Waals surface area contributed by atoms with Crippen molar-refractivity contribution in [2.75, 3.05) is 30.9 Å². The zero-order chi connectivity index (χ0) is 23.1. The van der Waals surface area contributed by atoms with Gasteiger partial charge in [0.25, 0.3) is 0 Å². The van der Waals surface area contributed by atoms with Crippen LogP contribution < -0.4 is 27.4 Å². The molecule has 0 saturated carbocycles. The van der Waals surface area contributed by atoms with Crippen molar-refractivity contribution in [3.63, 3.8) is 0 Å². The molecule has 0 aliphatic rings. The zero-order valence-electron chi connectivity index (χ0n) is 17.0. The van der Waals surface area contributed by atoms with Gasteiger partial charge in [-0.2, -0.15) is 24.4 Å². The van der Waals surface area contributed by atoms with Crippen LogP contribution in [0.15, 0.2) is 0 Å². The third kappa shape index (κ3) is 11.0. The van der Waals surface area contributed by atoms with Crippen LogP contribution in [0, 0.1) is 0 Å². The van der Waals surface area contributed by atoms with Gasteiger partial charge in [-0.25, -0.2) is 4.79 Å². The molecule has 0 aliphatic carbocycles. The van der Waals surface area contributed by atoms with E-state index in [9.17, 15) is 19.2 Å². The normalized spacial score (nSPS) is 14.8. The number of hydrogen-bond donors (Lipinski definition) is 8. The summed E-state index contributed by atoms with van der Waals surface area (Å²) in [5.74, 6) is -2.76. The van der Waals surface area contributed by atoms with Crippen LogP contribution in [-0.2, 0) is 19.2 Å². The quantitative estimate of drug-likeness (QED) is 0.0905. The van der Waals surface area contributed by atoms with Gasteiger partial charge in [-0.05, 0) is 44.2 Å². The largest absolute Gasteiger partial charge is 0.480 e. The molecule has 0 fully saturated rings. The minimum atomic E-state index is -1.24. The van der Waals surface area contributed by atoms with Crippen molar-refractivity contribution in [3.8, 4) is 0 Å². The molecule has 0 radical (unpaired) electrons. The van der Waals surface area contributed by atoms with Gasteiger partial charge in [-0.3, -0.25) is 14.4 Å². The maximum Gasteiger partial charge on any atom is 0.327 e. The SMILES string of the molecule is CSCCC(NC(=O)C(N)CO)C(=O)NC(CCCCN)C(=O)NC(CS)C(=O)O. The molecule has 3 amide bonds. The highest BCUT2D eigenvalue weighted by molar-refractivity contribution is 7.98. The van der Waals surface area contributed by atoms with Gasteiger partial charge in [0.2, 0.25) is 17.7 Å². The Balaban J connectivity index is 5.30. The fraction of sp³-hybridized carbons (Fsp3) is 0.765. The fourth-order valence-corrected chi connectivity index (χ4v) is 3.08. The third-order valence-corrected chi connectivity index (χ3v) is 5.16. The van der Waals surface area contributed by atoms with E-state index >= 15 is 0 Å². The number of thioether (sulfide) groups is 1. The summed E-state index contributed by atoms with van der Waals surface area (Å²) in [7, 11) is 0. The Hall–Kier alpha value is -1.54. The van der Waals surface area contributed by atoms with E-state index in [1.165, 1.54) is 11.8 Å². The van der Waals surface area contributed by atoms with Gasteiger partial charge in [0.05, 0.1) is 6.61 Å². The second-order valence-corrected chi connectivity index (χ2v) is 7.91. The molecule has 4 unspecified atom stereocenters. The van der Waals surface area contributed by atoms with Crippen LogP contribution in [-0.4, -0.2) is 89.0 Å². The average Bonchev–Trinajstić information content (AvgIpc) is 2.72. The lowest BCUT2D eigenvalue weighted by Gasteiger charge is -2.25. The smallest absolute Gasteiger partial charge is 0.327 e. The lowest BCUT2D eigenvalue weighted by molar-refractivity contribution is -0.141. The van der Waals surface area contributed by atoms with Crippen LogP contribution in [0.2, 0.25) is 0 Å². The number of rotatable bonds is 16. The van der Waals surface area contributed by atoms with Gasteiger partial charge in [0.1, 0.15) is 24.2 Å². The molecule has 0 aliphatic heterocycles. The topological polar surface area (TPSA) is 197 Å². The van der Waals surface area contributed by atoms with Crippen molar-refractivity contribution in [2.24, 2.45) is 11.5 Å². The molecule has 0 bridgehead atoms. The van der Waals surface area contributed by atoms with E-state index in [4.69, 9.17) is 21.7 Å². The van der Waals surface area contributed by atoms with Crippen LogP contribution in [0.5, 0.6) is 0 Å². The van der Waals surface area contributed by atoms with E-state index in [1.807, 2.05) is 6.26 Å². The third-order valence-electron chi connectivity index (χ3n) is 4.15. The summed E-state index contributed by atoms with van der Waals surface area (Å²) in [5.41, 5.74) is 11.0. The van der Waals surface area contributed by atoms with Crippen LogP contribution in [0.1, 0.15) is 25.7 Å². The number of carboxylic acids is 1. The Kier molecular flexibility index (Phi) is 15.4. The molecular weight excluding hydrogens is 434 g/mol. The van der Waals surface area contributed by atoms with E-state index in [0.29, 0.717) is 25.1 Å². The first-order valence-electron chi connectivity index (χ1n) is 9.51. The summed E-state index contributed by atoms with van der Waals surface area (Å²) >= 11 is 5.38. The summed E-state index contributed by atoms with van der Waals surface area (Å²) in [5, 5.41) is 25.5. The van der Waals surface area contributed by atoms with Crippen molar-refractivity contribution >= 4 is 48.1 Å². The number of carbonyl (C=O) groups is 4. The molecule has 30 heavy (non-hydrogen) atoms. The highest BCUT2D eigenvalue weighted by Gasteiger charge is 2.29. The van der Waals surface area contributed by atoms with Gasteiger partial charge >= 0.3 is 5.97 Å². The standard InChI is InChI=1S/C17H33N5O6S2/c1-30-7-5-12(20-14(24)10(19)8-23)16(26)21-11(4-2-3-6-18)15(25)22-13(9-29)17(27)28/h10-13,23,29H,2-9,18-19H2,1H3,(H,20,24)(H,21,26)(H,22,25)(H,27,28). The molecule has 13 heteroatoms. The zero-order valence-corrected chi connectivity index (χ0v) is 18.7. The van der Waals surface area contributed by atoms with Crippen LogP contribution in [0.25, 0.3) is 0 Å². The Morgan fingerprint density at radius 1 is 0.967 bits per heavy atom. The fourth-order valence-electron chi connectivity index (χ4n) is 2.36. The predicted octanol–water partition coefficient (Wildman–Crippen LogP) is -2.34. The molecule has 0 rings (SSSR count). The maximum absolute atomic E-state index is 12.8. The predicted molar refractivity (Wildman–Crippen MR) is 118 cm³/mol. The second-order valence-electron chi connectivity index (χ2n) is 6.56. The average molecular weight is 468 g/mol. The van der Waals surface area contributed by atoms with E-state index in [-0.39, 0.29) is 18.6 Å². The lowest BCUT2D eigenvalue weighted by Crippen LogP contribution is -2.57. The summed E-state index contributed by atoms with van der Waals surface area (Å²) in [4.78, 5) is 48.5. The van der Waals surface area contributed by atoms with Crippen molar-refractivity contribution < 1.29 is 29.4 Å². The molecule has 4 atom stereocenters. The second kappa shape index (κ2) is 16.2.